The molecule has 1 saturated carbocycles. The lowest BCUT2D eigenvalue weighted by Crippen LogP contribution is -2.33. The Kier molecular flexibility index (Phi) is 4.13. The molecule has 2 unspecified atom stereocenters. The van der Waals surface area contributed by atoms with Crippen LogP contribution in [0.4, 0.5) is 0 Å². The zero-order valence-electron chi connectivity index (χ0n) is 11.6. The van der Waals surface area contributed by atoms with E-state index < -0.39 is 0 Å². The van der Waals surface area contributed by atoms with E-state index in [1.807, 2.05) is 0 Å². The molecule has 3 rings (SSSR count). The van der Waals surface area contributed by atoms with Crippen molar-refractivity contribution in [2.45, 2.75) is 51.0 Å². The van der Waals surface area contributed by atoms with Crippen LogP contribution in [0.1, 0.15) is 50.2 Å². The number of rotatable bonds is 6. The van der Waals surface area contributed by atoms with Crippen molar-refractivity contribution < 1.29 is 9.26 Å². The molecule has 0 radical (unpaired) electrons. The molecule has 0 aromatic carbocycles. The third kappa shape index (κ3) is 3.34. The molecule has 1 aliphatic heterocycles. The van der Waals surface area contributed by atoms with Crippen LogP contribution in [0.15, 0.2) is 4.52 Å². The van der Waals surface area contributed by atoms with E-state index in [-0.39, 0.29) is 0 Å². The van der Waals surface area contributed by atoms with Gasteiger partial charge in [0.25, 0.3) is 0 Å². The molecular formula is C14H23N3O2. The van der Waals surface area contributed by atoms with Crippen LogP contribution in [-0.4, -0.2) is 35.9 Å². The van der Waals surface area contributed by atoms with Crippen molar-refractivity contribution in [2.75, 3.05) is 19.8 Å². The Bertz CT molecular complexity index is 397. The van der Waals surface area contributed by atoms with Gasteiger partial charge in [0.2, 0.25) is 5.89 Å². The smallest absolute Gasteiger partial charge is 0.228 e. The van der Waals surface area contributed by atoms with E-state index in [2.05, 4.69) is 22.4 Å². The molecule has 1 aromatic heterocycles. The zero-order valence-corrected chi connectivity index (χ0v) is 11.6. The minimum absolute atomic E-state index is 0.324. The SMILES string of the molecule is CCNC(Cc1nc(C2CCCOC2)no1)C1CC1. The predicted molar refractivity (Wildman–Crippen MR) is 71.0 cm³/mol. The Morgan fingerprint density at radius 1 is 1.37 bits per heavy atom. The minimum Gasteiger partial charge on any atom is -0.381 e. The van der Waals surface area contributed by atoms with E-state index in [0.29, 0.717) is 12.0 Å². The first-order chi connectivity index (χ1) is 9.36. The summed E-state index contributed by atoms with van der Waals surface area (Å²) in [5.41, 5.74) is 0. The molecule has 5 nitrogen and oxygen atoms in total. The van der Waals surface area contributed by atoms with Crippen LogP contribution in [0, 0.1) is 5.92 Å². The summed E-state index contributed by atoms with van der Waals surface area (Å²) in [4.78, 5) is 4.57. The molecule has 2 atom stereocenters. The van der Waals surface area contributed by atoms with Crippen molar-refractivity contribution in [1.82, 2.24) is 15.5 Å². The Morgan fingerprint density at radius 2 is 2.26 bits per heavy atom. The van der Waals surface area contributed by atoms with Crippen LogP contribution in [0.5, 0.6) is 0 Å². The molecule has 106 valence electrons. The maximum atomic E-state index is 5.48. The fourth-order valence-corrected chi connectivity index (χ4v) is 2.82. The van der Waals surface area contributed by atoms with Gasteiger partial charge in [-0.1, -0.05) is 12.1 Å². The highest BCUT2D eigenvalue weighted by atomic mass is 16.5. The molecule has 0 bridgehead atoms. The molecule has 1 N–H and O–H groups in total. The summed E-state index contributed by atoms with van der Waals surface area (Å²) in [6.45, 7) is 4.75. The van der Waals surface area contributed by atoms with Gasteiger partial charge >= 0.3 is 0 Å². The summed E-state index contributed by atoms with van der Waals surface area (Å²) >= 11 is 0. The van der Waals surface area contributed by atoms with Crippen LogP contribution in [0.25, 0.3) is 0 Å². The largest absolute Gasteiger partial charge is 0.381 e. The molecule has 2 heterocycles. The maximum absolute atomic E-state index is 5.48. The molecular weight excluding hydrogens is 242 g/mol. The molecule has 2 aliphatic rings. The number of likely N-dealkylation sites (N-methyl/N-ethyl adjacent to an activating group) is 1. The molecule has 0 spiro atoms. The average Bonchev–Trinajstić information content (AvgIpc) is 3.19. The average molecular weight is 265 g/mol. The van der Waals surface area contributed by atoms with Crippen molar-refractivity contribution in [3.8, 4) is 0 Å². The Hall–Kier alpha value is -0.940. The monoisotopic (exact) mass is 265 g/mol. The van der Waals surface area contributed by atoms with Crippen molar-refractivity contribution in [3.63, 3.8) is 0 Å². The van der Waals surface area contributed by atoms with Crippen molar-refractivity contribution >= 4 is 0 Å². The summed E-state index contributed by atoms with van der Waals surface area (Å²) < 4.78 is 10.9. The van der Waals surface area contributed by atoms with Gasteiger partial charge in [-0.15, -0.1) is 0 Å². The second-order valence-corrected chi connectivity index (χ2v) is 5.67. The molecule has 1 aromatic rings. The summed E-state index contributed by atoms with van der Waals surface area (Å²) in [5, 5.41) is 7.67. The predicted octanol–water partition coefficient (Wildman–Crippen LogP) is 1.89. The highest BCUT2D eigenvalue weighted by Gasteiger charge is 2.32. The third-order valence-corrected chi connectivity index (χ3v) is 4.06. The van der Waals surface area contributed by atoms with Crippen molar-refractivity contribution in [3.05, 3.63) is 11.7 Å². The van der Waals surface area contributed by atoms with Crippen LogP contribution in [0.2, 0.25) is 0 Å². The summed E-state index contributed by atoms with van der Waals surface area (Å²) in [7, 11) is 0. The second-order valence-electron chi connectivity index (χ2n) is 5.67. The summed E-state index contributed by atoms with van der Waals surface area (Å²) in [6, 6.07) is 0.501. The van der Waals surface area contributed by atoms with Gasteiger partial charge in [0, 0.05) is 25.0 Å². The first-order valence-electron chi connectivity index (χ1n) is 7.50. The Morgan fingerprint density at radius 3 is 2.95 bits per heavy atom. The number of hydrogen-bond acceptors (Lipinski definition) is 5. The number of aromatic nitrogens is 2. The third-order valence-electron chi connectivity index (χ3n) is 4.06. The fourth-order valence-electron chi connectivity index (χ4n) is 2.82. The van der Waals surface area contributed by atoms with Crippen molar-refractivity contribution in [2.24, 2.45) is 5.92 Å². The van der Waals surface area contributed by atoms with E-state index in [9.17, 15) is 0 Å². The first-order valence-corrected chi connectivity index (χ1v) is 7.50. The highest BCUT2D eigenvalue weighted by molar-refractivity contribution is 4.99. The van der Waals surface area contributed by atoms with Crippen LogP contribution in [0.3, 0.4) is 0 Å². The topological polar surface area (TPSA) is 60.2 Å². The van der Waals surface area contributed by atoms with Crippen LogP contribution >= 0.6 is 0 Å². The van der Waals surface area contributed by atoms with Gasteiger partial charge in [-0.25, -0.2) is 0 Å². The van der Waals surface area contributed by atoms with E-state index in [1.54, 1.807) is 0 Å². The van der Waals surface area contributed by atoms with Gasteiger partial charge in [0.05, 0.1) is 6.61 Å². The Labute approximate surface area is 114 Å². The van der Waals surface area contributed by atoms with E-state index in [1.165, 1.54) is 12.8 Å². The molecule has 0 amide bonds. The van der Waals surface area contributed by atoms with E-state index >= 15 is 0 Å². The fraction of sp³-hybridized carbons (Fsp3) is 0.857. The quantitative estimate of drug-likeness (QED) is 0.851. The van der Waals surface area contributed by atoms with Crippen LogP contribution in [-0.2, 0) is 11.2 Å². The van der Waals surface area contributed by atoms with Gasteiger partial charge < -0.3 is 14.6 Å². The Balaban J connectivity index is 1.60. The molecule has 2 fully saturated rings. The van der Waals surface area contributed by atoms with Gasteiger partial charge in [-0.3, -0.25) is 0 Å². The lowest BCUT2D eigenvalue weighted by atomic mass is 10.0. The minimum atomic E-state index is 0.324. The number of ether oxygens (including phenoxy) is 1. The lowest BCUT2D eigenvalue weighted by molar-refractivity contribution is 0.0773. The first kappa shape index (κ1) is 13.1. The van der Waals surface area contributed by atoms with Gasteiger partial charge in [0.1, 0.15) is 0 Å². The normalized spacial score (nSPS) is 25.4. The summed E-state index contributed by atoms with van der Waals surface area (Å²) in [5.74, 6) is 2.73. The lowest BCUT2D eigenvalue weighted by Gasteiger charge is -2.18. The van der Waals surface area contributed by atoms with Gasteiger partial charge in [-0.05, 0) is 38.1 Å². The van der Waals surface area contributed by atoms with E-state index in [4.69, 9.17) is 9.26 Å². The molecule has 19 heavy (non-hydrogen) atoms. The van der Waals surface area contributed by atoms with E-state index in [0.717, 1.165) is 56.7 Å². The number of nitrogens with one attached hydrogen (secondary N) is 1. The zero-order chi connectivity index (χ0) is 13.1. The maximum Gasteiger partial charge on any atom is 0.228 e. The highest BCUT2D eigenvalue weighted by Crippen LogP contribution is 2.34. The van der Waals surface area contributed by atoms with Crippen molar-refractivity contribution in [1.29, 1.82) is 0 Å². The standard InChI is InChI=1S/C14H23N3O2/c1-2-15-12(10-5-6-10)8-13-16-14(17-19-13)11-4-3-7-18-9-11/h10-12,15H,2-9H2,1H3. The number of hydrogen-bond donors (Lipinski definition) is 1. The summed E-state index contributed by atoms with van der Waals surface area (Å²) in [6.07, 6.45) is 5.72. The van der Waals surface area contributed by atoms with Gasteiger partial charge in [0.15, 0.2) is 5.82 Å². The second kappa shape index (κ2) is 6.01. The molecule has 1 aliphatic carbocycles. The molecule has 5 heteroatoms. The number of nitrogens with zero attached hydrogens (tertiary/aromatic N) is 2. The van der Waals surface area contributed by atoms with Gasteiger partial charge in [-0.2, -0.15) is 4.98 Å². The van der Waals surface area contributed by atoms with Crippen LogP contribution < -0.4 is 5.32 Å². The molecule has 1 saturated heterocycles.